The highest BCUT2D eigenvalue weighted by Crippen LogP contribution is 2.32. The lowest BCUT2D eigenvalue weighted by atomic mass is 10.0. The van der Waals surface area contributed by atoms with Gasteiger partial charge in [0.1, 0.15) is 5.65 Å². The van der Waals surface area contributed by atoms with Crippen molar-refractivity contribution in [2.45, 2.75) is 40.0 Å². The number of aryl methyl sites for hydroxylation is 2. The molecule has 0 amide bonds. The van der Waals surface area contributed by atoms with Crippen molar-refractivity contribution in [3.8, 4) is 0 Å². The molecule has 0 radical (unpaired) electrons. The third-order valence-electron chi connectivity index (χ3n) is 4.70. The molecule has 2 nitrogen and oxygen atoms in total. The summed E-state index contributed by atoms with van der Waals surface area (Å²) in [6.45, 7) is 8.79. The molecule has 3 aromatic heterocycles. The highest BCUT2D eigenvalue weighted by Gasteiger charge is 2.17. The van der Waals surface area contributed by atoms with E-state index < -0.39 is 0 Å². The molecule has 0 saturated carbocycles. The van der Waals surface area contributed by atoms with Gasteiger partial charge in [-0.1, -0.05) is 26.0 Å². The number of rotatable bonds is 3. The second-order valence-electron chi connectivity index (χ2n) is 6.92. The van der Waals surface area contributed by atoms with Crippen LogP contribution in [-0.4, -0.2) is 9.38 Å². The Hall–Kier alpha value is -2.13. The van der Waals surface area contributed by atoms with E-state index in [-0.39, 0.29) is 0 Å². The van der Waals surface area contributed by atoms with Gasteiger partial charge in [-0.25, -0.2) is 4.98 Å². The highest BCUT2D eigenvalue weighted by molar-refractivity contribution is 7.17. The molecule has 0 saturated heterocycles. The fourth-order valence-electron chi connectivity index (χ4n) is 3.51. The molecule has 0 aliphatic carbocycles. The summed E-state index contributed by atoms with van der Waals surface area (Å²) in [7, 11) is 0. The number of imidazole rings is 1. The molecular weight excluding hydrogens is 312 g/mol. The van der Waals surface area contributed by atoms with Crippen molar-refractivity contribution in [3.63, 3.8) is 0 Å². The van der Waals surface area contributed by atoms with Crippen LogP contribution < -0.4 is 0 Å². The summed E-state index contributed by atoms with van der Waals surface area (Å²) in [5, 5.41) is 3.73. The van der Waals surface area contributed by atoms with Crippen molar-refractivity contribution in [2.75, 3.05) is 0 Å². The van der Waals surface area contributed by atoms with Crippen molar-refractivity contribution in [3.05, 3.63) is 70.0 Å². The molecule has 0 fully saturated rings. The number of benzene rings is 1. The maximum absolute atomic E-state index is 4.92. The van der Waals surface area contributed by atoms with E-state index in [9.17, 15) is 0 Å². The Labute approximate surface area is 146 Å². The average molecular weight is 334 g/mol. The first kappa shape index (κ1) is 15.4. The zero-order chi connectivity index (χ0) is 16.8. The lowest BCUT2D eigenvalue weighted by Crippen LogP contribution is -2.00. The molecule has 3 heterocycles. The maximum Gasteiger partial charge on any atom is 0.137 e. The Balaban J connectivity index is 1.91. The Morgan fingerprint density at radius 1 is 1.17 bits per heavy atom. The predicted molar refractivity (Wildman–Crippen MR) is 103 cm³/mol. The van der Waals surface area contributed by atoms with E-state index in [4.69, 9.17) is 4.98 Å². The first-order valence-corrected chi connectivity index (χ1v) is 9.35. The first-order chi connectivity index (χ1) is 11.5. The Morgan fingerprint density at radius 2 is 2.00 bits per heavy atom. The molecule has 0 aliphatic heterocycles. The summed E-state index contributed by atoms with van der Waals surface area (Å²) < 4.78 is 3.64. The number of fused-ring (bicyclic) bond motifs is 2. The first-order valence-electron chi connectivity index (χ1n) is 8.47. The van der Waals surface area contributed by atoms with E-state index in [2.05, 4.69) is 74.0 Å². The normalized spacial score (nSPS) is 11.9. The quantitative estimate of drug-likeness (QED) is 0.457. The molecule has 122 valence electrons. The number of hydrogen-bond acceptors (Lipinski definition) is 2. The largest absolute Gasteiger partial charge is 0.303 e. The minimum Gasteiger partial charge on any atom is -0.303 e. The summed E-state index contributed by atoms with van der Waals surface area (Å²) in [4.78, 5) is 4.92. The minimum absolute atomic E-state index is 0.422. The summed E-state index contributed by atoms with van der Waals surface area (Å²) in [5.41, 5.74) is 7.63. The SMILES string of the molecule is Cc1ccn2c(Cc3csc4cccc(C)c34)c(C(C)C)nc2c1. The van der Waals surface area contributed by atoms with Gasteiger partial charge in [0.2, 0.25) is 0 Å². The van der Waals surface area contributed by atoms with Gasteiger partial charge in [-0.3, -0.25) is 0 Å². The van der Waals surface area contributed by atoms with Gasteiger partial charge in [-0.05, 0) is 65.4 Å². The summed E-state index contributed by atoms with van der Waals surface area (Å²) in [6.07, 6.45) is 3.10. The fraction of sp³-hybridized carbons (Fsp3) is 0.286. The predicted octanol–water partition coefficient (Wildman–Crippen LogP) is 5.88. The van der Waals surface area contributed by atoms with Crippen LogP contribution in [0.5, 0.6) is 0 Å². The molecule has 3 heteroatoms. The number of hydrogen-bond donors (Lipinski definition) is 0. The third-order valence-corrected chi connectivity index (χ3v) is 5.70. The van der Waals surface area contributed by atoms with Crippen LogP contribution in [0.3, 0.4) is 0 Å². The van der Waals surface area contributed by atoms with E-state index in [1.807, 2.05) is 11.3 Å². The van der Waals surface area contributed by atoms with E-state index in [1.165, 1.54) is 38.2 Å². The minimum atomic E-state index is 0.422. The van der Waals surface area contributed by atoms with E-state index in [0.29, 0.717) is 5.92 Å². The van der Waals surface area contributed by atoms with Gasteiger partial charge < -0.3 is 4.40 Å². The third kappa shape index (κ3) is 2.44. The smallest absolute Gasteiger partial charge is 0.137 e. The van der Waals surface area contributed by atoms with Gasteiger partial charge in [-0.2, -0.15) is 0 Å². The van der Waals surface area contributed by atoms with Crippen LogP contribution in [0.4, 0.5) is 0 Å². The lowest BCUT2D eigenvalue weighted by Gasteiger charge is -2.08. The van der Waals surface area contributed by atoms with Gasteiger partial charge in [0.25, 0.3) is 0 Å². The van der Waals surface area contributed by atoms with Gasteiger partial charge >= 0.3 is 0 Å². The molecule has 0 atom stereocenters. The van der Waals surface area contributed by atoms with Gasteiger partial charge in [0.05, 0.1) is 11.4 Å². The zero-order valence-corrected chi connectivity index (χ0v) is 15.4. The molecule has 0 bridgehead atoms. The molecule has 24 heavy (non-hydrogen) atoms. The monoisotopic (exact) mass is 334 g/mol. The van der Waals surface area contributed by atoms with Crippen molar-refractivity contribution >= 4 is 27.1 Å². The van der Waals surface area contributed by atoms with Crippen LogP contribution in [0.25, 0.3) is 15.7 Å². The Bertz CT molecular complexity index is 1040. The van der Waals surface area contributed by atoms with E-state index >= 15 is 0 Å². The van der Waals surface area contributed by atoms with Gasteiger partial charge in [0, 0.05) is 17.3 Å². The van der Waals surface area contributed by atoms with Gasteiger partial charge in [-0.15, -0.1) is 11.3 Å². The zero-order valence-electron chi connectivity index (χ0n) is 14.6. The fourth-order valence-corrected chi connectivity index (χ4v) is 4.55. The molecule has 0 unspecified atom stereocenters. The second-order valence-corrected chi connectivity index (χ2v) is 7.83. The molecule has 4 aromatic rings. The maximum atomic E-state index is 4.92. The molecule has 4 rings (SSSR count). The topological polar surface area (TPSA) is 17.3 Å². The van der Waals surface area contributed by atoms with Crippen molar-refractivity contribution in [1.82, 2.24) is 9.38 Å². The van der Waals surface area contributed by atoms with Crippen molar-refractivity contribution < 1.29 is 0 Å². The summed E-state index contributed by atoms with van der Waals surface area (Å²) >= 11 is 1.84. The molecule has 0 spiro atoms. The molecule has 1 aromatic carbocycles. The Kier molecular flexibility index (Phi) is 3.69. The molecule has 0 N–H and O–H groups in total. The van der Waals surface area contributed by atoms with Crippen LogP contribution in [0, 0.1) is 13.8 Å². The van der Waals surface area contributed by atoms with Crippen LogP contribution in [-0.2, 0) is 6.42 Å². The lowest BCUT2D eigenvalue weighted by molar-refractivity contribution is 0.811. The number of thiophene rings is 1. The molecular formula is C21H22N2S. The number of aromatic nitrogens is 2. The Morgan fingerprint density at radius 3 is 2.79 bits per heavy atom. The average Bonchev–Trinajstić information content (AvgIpc) is 3.10. The van der Waals surface area contributed by atoms with Gasteiger partial charge in [0.15, 0.2) is 0 Å². The second kappa shape index (κ2) is 5.75. The highest BCUT2D eigenvalue weighted by atomic mass is 32.1. The van der Waals surface area contributed by atoms with Crippen LogP contribution >= 0.6 is 11.3 Å². The van der Waals surface area contributed by atoms with Crippen molar-refractivity contribution in [1.29, 1.82) is 0 Å². The van der Waals surface area contributed by atoms with Crippen LogP contribution in [0.2, 0.25) is 0 Å². The van der Waals surface area contributed by atoms with Crippen LogP contribution in [0.1, 0.15) is 47.8 Å². The summed E-state index contributed by atoms with van der Waals surface area (Å²) in [5.74, 6) is 0.422. The number of nitrogens with zero attached hydrogens (tertiary/aromatic N) is 2. The van der Waals surface area contributed by atoms with Crippen molar-refractivity contribution in [2.24, 2.45) is 0 Å². The molecule has 0 aliphatic rings. The van der Waals surface area contributed by atoms with E-state index in [1.54, 1.807) is 0 Å². The number of pyridine rings is 1. The van der Waals surface area contributed by atoms with Crippen LogP contribution in [0.15, 0.2) is 41.9 Å². The standard InChI is InChI=1S/C21H22N2S/c1-13(2)21-17(23-9-8-14(3)10-19(23)22-21)11-16-12-24-18-7-5-6-15(4)20(16)18/h5-10,12-13H,11H2,1-4H3. The summed E-state index contributed by atoms with van der Waals surface area (Å²) in [6, 6.07) is 10.9. The van der Waals surface area contributed by atoms with E-state index in [0.717, 1.165) is 12.1 Å².